The molecule has 2 spiro atoms. The molecule has 0 amide bonds. The van der Waals surface area contributed by atoms with Gasteiger partial charge in [0.2, 0.25) is 0 Å². The monoisotopic (exact) mass is 484 g/mol. The van der Waals surface area contributed by atoms with Crippen LogP contribution in [-0.4, -0.2) is 30.8 Å². The lowest BCUT2D eigenvalue weighted by atomic mass is 9.42. The van der Waals surface area contributed by atoms with Crippen molar-refractivity contribution in [2.24, 2.45) is 34.5 Å². The fraction of sp³-hybridized carbons (Fsp3) is 1.00. The molecule has 0 unspecified atom stereocenters. The maximum atomic E-state index is 7.35. The van der Waals surface area contributed by atoms with E-state index in [-0.39, 0.29) is 10.8 Å². The molecule has 32 heavy (non-hydrogen) atoms. The Morgan fingerprint density at radius 1 is 0.500 bits per heavy atom. The molecule has 5 saturated carbocycles. The van der Waals surface area contributed by atoms with Crippen molar-refractivity contribution in [3.05, 3.63) is 0 Å². The molecule has 0 N–H and O–H groups in total. The van der Waals surface area contributed by atoms with Gasteiger partial charge in [-0.1, -0.05) is 0 Å². The average molecular weight is 486 g/mol. The van der Waals surface area contributed by atoms with Gasteiger partial charge in [-0.2, -0.15) is 0 Å². The van der Waals surface area contributed by atoms with E-state index in [4.69, 9.17) is 32.7 Å². The Labute approximate surface area is 206 Å². The minimum Gasteiger partial charge on any atom is -0.381 e. The van der Waals surface area contributed by atoms with Crippen LogP contribution in [0.1, 0.15) is 109 Å². The Hall–Kier alpha value is 0.500. The normalized spacial score (nSPS) is 49.1. The van der Waals surface area contributed by atoms with E-state index >= 15 is 0 Å². The van der Waals surface area contributed by atoms with Crippen LogP contribution in [0.5, 0.6) is 0 Å². The molecule has 0 aromatic heterocycles. The van der Waals surface area contributed by atoms with Crippen molar-refractivity contribution in [3.63, 3.8) is 0 Å². The van der Waals surface area contributed by atoms with E-state index in [1.807, 2.05) is 14.2 Å². The maximum Gasteiger partial charge on any atom is 0.129 e. The molecule has 0 aliphatic heterocycles. The summed E-state index contributed by atoms with van der Waals surface area (Å²) in [5, 5.41) is 0. The van der Waals surface area contributed by atoms with Gasteiger partial charge in [0, 0.05) is 25.0 Å². The first-order valence-electron chi connectivity index (χ1n) is 13.9. The van der Waals surface area contributed by atoms with Crippen LogP contribution in [0.15, 0.2) is 0 Å². The maximum absolute atomic E-state index is 7.35. The first-order chi connectivity index (χ1) is 15.4. The topological polar surface area (TPSA) is 18.5 Å². The molecule has 0 aromatic carbocycles. The fourth-order valence-corrected chi connectivity index (χ4v) is 10.2. The van der Waals surface area contributed by atoms with E-state index in [0.717, 1.165) is 23.7 Å². The number of halogens is 2. The fourth-order valence-electron chi connectivity index (χ4n) is 9.23. The summed E-state index contributed by atoms with van der Waals surface area (Å²) in [7, 11) is 3.75. The van der Waals surface area contributed by atoms with Gasteiger partial charge < -0.3 is 9.47 Å². The molecule has 5 aliphatic rings. The highest BCUT2D eigenvalue weighted by Gasteiger charge is 2.72. The lowest BCUT2D eigenvalue weighted by Crippen LogP contribution is -2.66. The largest absolute Gasteiger partial charge is 0.381 e. The number of rotatable bonds is 4. The Kier molecular flexibility index (Phi) is 7.20. The van der Waals surface area contributed by atoms with Gasteiger partial charge in [0.25, 0.3) is 0 Å². The summed E-state index contributed by atoms with van der Waals surface area (Å²) >= 11 is 14.7. The van der Waals surface area contributed by atoms with E-state index in [9.17, 15) is 0 Å². The molecule has 0 radical (unpaired) electrons. The third-order valence-electron chi connectivity index (χ3n) is 11.4. The van der Waals surface area contributed by atoms with Gasteiger partial charge in [0.05, 0.1) is 12.2 Å². The Morgan fingerprint density at radius 3 is 1.09 bits per heavy atom. The highest BCUT2D eigenvalue weighted by Crippen LogP contribution is 2.77. The number of hydrogen-bond acceptors (Lipinski definition) is 2. The SMILES string of the molecule is COC1CCC(C2CCC3(CC2)CC2(CCC(C4CCC(OC)CC4)CC2)C3(Cl)Cl)CC1. The summed E-state index contributed by atoms with van der Waals surface area (Å²) in [5.74, 6) is 3.63. The van der Waals surface area contributed by atoms with E-state index in [0.29, 0.717) is 12.2 Å². The molecule has 184 valence electrons. The highest BCUT2D eigenvalue weighted by atomic mass is 35.5. The third-order valence-corrected chi connectivity index (χ3v) is 13.0. The second kappa shape index (κ2) is 9.51. The molecule has 0 heterocycles. The van der Waals surface area contributed by atoms with Crippen LogP contribution in [-0.2, 0) is 9.47 Å². The molecule has 5 fully saturated rings. The van der Waals surface area contributed by atoms with E-state index in [1.54, 1.807) is 0 Å². The molecule has 4 heteroatoms. The smallest absolute Gasteiger partial charge is 0.129 e. The molecule has 5 aliphatic carbocycles. The van der Waals surface area contributed by atoms with Crippen molar-refractivity contribution < 1.29 is 9.47 Å². The van der Waals surface area contributed by atoms with Crippen molar-refractivity contribution in [2.45, 2.75) is 126 Å². The summed E-state index contributed by atoms with van der Waals surface area (Å²) in [6.45, 7) is 0. The van der Waals surface area contributed by atoms with E-state index < -0.39 is 4.33 Å². The van der Waals surface area contributed by atoms with Crippen LogP contribution < -0.4 is 0 Å². The molecule has 2 nitrogen and oxygen atoms in total. The van der Waals surface area contributed by atoms with Gasteiger partial charge in [-0.05, 0) is 133 Å². The zero-order valence-corrected chi connectivity index (χ0v) is 22.1. The van der Waals surface area contributed by atoms with Crippen LogP contribution in [0, 0.1) is 34.5 Å². The third kappa shape index (κ3) is 4.10. The van der Waals surface area contributed by atoms with Gasteiger partial charge in [0.15, 0.2) is 0 Å². The second-order valence-corrected chi connectivity index (χ2v) is 13.9. The average Bonchev–Trinajstić information content (AvgIpc) is 2.85. The van der Waals surface area contributed by atoms with Gasteiger partial charge in [-0.3, -0.25) is 0 Å². The Morgan fingerprint density at radius 2 is 0.812 bits per heavy atom. The lowest BCUT2D eigenvalue weighted by Gasteiger charge is -2.69. The summed E-state index contributed by atoms with van der Waals surface area (Å²) < 4.78 is 10.7. The summed E-state index contributed by atoms with van der Waals surface area (Å²) in [6, 6.07) is 0. The van der Waals surface area contributed by atoms with Crippen molar-refractivity contribution >= 4 is 23.2 Å². The molecule has 0 aromatic rings. The standard InChI is InChI=1S/C28H46Cl2O2/c1-31-24-7-3-20(4-8-24)22-11-15-26(16-12-22)19-27(28(26,29)30)17-13-23(14-18-27)21-5-9-25(32-2)10-6-21/h20-25H,3-19H2,1-2H3. The predicted molar refractivity (Wildman–Crippen MR) is 133 cm³/mol. The van der Waals surface area contributed by atoms with Crippen molar-refractivity contribution in [3.8, 4) is 0 Å². The lowest BCUT2D eigenvalue weighted by molar-refractivity contribution is -0.123. The molecular formula is C28H46Cl2O2. The van der Waals surface area contributed by atoms with E-state index in [1.165, 1.54) is 109 Å². The zero-order chi connectivity index (χ0) is 22.4. The van der Waals surface area contributed by atoms with Crippen LogP contribution in [0.4, 0.5) is 0 Å². The Balaban J connectivity index is 1.12. The van der Waals surface area contributed by atoms with Gasteiger partial charge in [0.1, 0.15) is 4.33 Å². The summed E-state index contributed by atoms with van der Waals surface area (Å²) in [6.07, 6.45) is 23.3. The first-order valence-corrected chi connectivity index (χ1v) is 14.6. The molecule has 0 bridgehead atoms. The van der Waals surface area contributed by atoms with Crippen LogP contribution >= 0.6 is 23.2 Å². The second-order valence-electron chi connectivity index (χ2n) is 12.5. The van der Waals surface area contributed by atoms with Crippen LogP contribution in [0.2, 0.25) is 0 Å². The molecule has 0 saturated heterocycles. The molecule has 0 atom stereocenters. The minimum atomic E-state index is -0.489. The van der Waals surface area contributed by atoms with Crippen molar-refractivity contribution in [2.75, 3.05) is 14.2 Å². The number of hydrogen-bond donors (Lipinski definition) is 0. The summed E-state index contributed by atoms with van der Waals surface area (Å²) in [5.41, 5.74) is 0.416. The molecular weight excluding hydrogens is 439 g/mol. The number of methoxy groups -OCH3 is 2. The van der Waals surface area contributed by atoms with E-state index in [2.05, 4.69) is 0 Å². The number of ether oxygens (including phenoxy) is 2. The van der Waals surface area contributed by atoms with Gasteiger partial charge >= 0.3 is 0 Å². The van der Waals surface area contributed by atoms with Crippen LogP contribution in [0.25, 0.3) is 0 Å². The number of alkyl halides is 2. The predicted octanol–water partition coefficient (Wildman–Crippen LogP) is 8.33. The summed E-state index contributed by atoms with van der Waals surface area (Å²) in [4.78, 5) is 0. The van der Waals surface area contributed by atoms with Crippen molar-refractivity contribution in [1.29, 1.82) is 0 Å². The quantitative estimate of drug-likeness (QED) is 0.373. The van der Waals surface area contributed by atoms with Crippen LogP contribution in [0.3, 0.4) is 0 Å². The van der Waals surface area contributed by atoms with Crippen molar-refractivity contribution in [1.82, 2.24) is 0 Å². The van der Waals surface area contributed by atoms with Gasteiger partial charge in [-0.15, -0.1) is 23.2 Å². The van der Waals surface area contributed by atoms with Gasteiger partial charge in [-0.25, -0.2) is 0 Å². The molecule has 5 rings (SSSR count). The minimum absolute atomic E-state index is 0.208. The first kappa shape index (κ1) is 24.2. The zero-order valence-electron chi connectivity index (χ0n) is 20.6. The highest BCUT2D eigenvalue weighted by molar-refractivity contribution is 6.50. The Bertz CT molecular complexity index is 565.